The molecule has 0 aliphatic heterocycles. The van der Waals surface area contributed by atoms with Crippen molar-refractivity contribution >= 4 is 11.8 Å². The van der Waals surface area contributed by atoms with Crippen LogP contribution in [0.4, 0.5) is 0 Å². The molecule has 1 nitrogen and oxygen atoms in total. The Bertz CT molecular complexity index is 693. The Balaban J connectivity index is 1.45. The molecule has 0 unspecified atom stereocenters. The smallest absolute Gasteiger partial charge is 0.119 e. The molecule has 0 saturated carbocycles. The molecular formula is C21H20OS. The third kappa shape index (κ3) is 5.19. The van der Waals surface area contributed by atoms with Crippen LogP contribution in [-0.4, -0.2) is 5.75 Å². The summed E-state index contributed by atoms with van der Waals surface area (Å²) >= 11 is 1.88. The molecule has 0 aromatic heterocycles. The Morgan fingerprint density at radius 3 is 1.91 bits per heavy atom. The maximum Gasteiger partial charge on any atom is 0.119 e. The average molecular weight is 320 g/mol. The minimum atomic E-state index is 0.612. The Morgan fingerprint density at radius 1 is 0.652 bits per heavy atom. The van der Waals surface area contributed by atoms with Gasteiger partial charge in [0.1, 0.15) is 12.4 Å². The summed E-state index contributed by atoms with van der Waals surface area (Å²) in [5.74, 6) is 2.01. The maximum absolute atomic E-state index is 5.81. The average Bonchev–Trinajstić information content (AvgIpc) is 2.63. The highest BCUT2D eigenvalue weighted by Crippen LogP contribution is 2.23. The van der Waals surface area contributed by atoms with Gasteiger partial charge in [-0.25, -0.2) is 0 Å². The van der Waals surface area contributed by atoms with E-state index < -0.39 is 0 Å². The molecule has 0 spiro atoms. The molecule has 0 saturated heterocycles. The zero-order valence-electron chi connectivity index (χ0n) is 13.0. The third-order valence-corrected chi connectivity index (χ3v) is 4.59. The number of benzene rings is 3. The van der Waals surface area contributed by atoms with Crippen LogP contribution in [0.25, 0.3) is 0 Å². The van der Waals surface area contributed by atoms with Crippen LogP contribution in [0.5, 0.6) is 5.75 Å². The highest BCUT2D eigenvalue weighted by molar-refractivity contribution is 7.99. The Labute approximate surface area is 142 Å². The normalized spacial score (nSPS) is 10.4. The van der Waals surface area contributed by atoms with Crippen LogP contribution >= 0.6 is 11.8 Å². The lowest BCUT2D eigenvalue weighted by atomic mass is 10.2. The summed E-state index contributed by atoms with van der Waals surface area (Å²) in [6.07, 6.45) is 1.10. The van der Waals surface area contributed by atoms with E-state index >= 15 is 0 Å². The van der Waals surface area contributed by atoms with Crippen molar-refractivity contribution in [1.82, 2.24) is 0 Å². The number of aryl methyl sites for hydroxylation is 1. The molecule has 0 amide bonds. The van der Waals surface area contributed by atoms with Gasteiger partial charge in [0.05, 0.1) is 0 Å². The third-order valence-electron chi connectivity index (χ3n) is 3.57. The molecule has 0 radical (unpaired) electrons. The van der Waals surface area contributed by atoms with E-state index in [2.05, 4.69) is 54.6 Å². The fraction of sp³-hybridized carbons (Fsp3) is 0.143. The quantitative estimate of drug-likeness (QED) is 0.524. The van der Waals surface area contributed by atoms with Crippen molar-refractivity contribution in [1.29, 1.82) is 0 Å². The molecule has 3 rings (SSSR count). The molecule has 0 aliphatic carbocycles. The summed E-state index contributed by atoms with van der Waals surface area (Å²) in [7, 11) is 0. The highest BCUT2D eigenvalue weighted by Gasteiger charge is 1.99. The van der Waals surface area contributed by atoms with Crippen LogP contribution in [0, 0.1) is 0 Å². The van der Waals surface area contributed by atoms with Gasteiger partial charge in [-0.3, -0.25) is 0 Å². The van der Waals surface area contributed by atoms with Gasteiger partial charge in [0.2, 0.25) is 0 Å². The van der Waals surface area contributed by atoms with E-state index in [1.165, 1.54) is 16.0 Å². The number of ether oxygens (including phenoxy) is 1. The minimum absolute atomic E-state index is 0.612. The summed E-state index contributed by atoms with van der Waals surface area (Å²) in [6.45, 7) is 0.612. The highest BCUT2D eigenvalue weighted by atomic mass is 32.2. The fourth-order valence-electron chi connectivity index (χ4n) is 2.30. The van der Waals surface area contributed by atoms with Crippen molar-refractivity contribution in [3.63, 3.8) is 0 Å². The monoisotopic (exact) mass is 320 g/mol. The van der Waals surface area contributed by atoms with Crippen LogP contribution in [0.1, 0.15) is 11.1 Å². The molecule has 3 aromatic carbocycles. The number of hydrogen-bond donors (Lipinski definition) is 0. The molecular weight excluding hydrogens is 300 g/mol. The molecule has 0 fully saturated rings. The van der Waals surface area contributed by atoms with Crippen molar-refractivity contribution in [3.05, 3.63) is 96.1 Å². The summed E-state index contributed by atoms with van der Waals surface area (Å²) in [5, 5.41) is 0. The number of hydrogen-bond acceptors (Lipinski definition) is 2. The van der Waals surface area contributed by atoms with E-state index in [0.29, 0.717) is 6.61 Å². The van der Waals surface area contributed by atoms with Crippen LogP contribution in [0.2, 0.25) is 0 Å². The van der Waals surface area contributed by atoms with E-state index in [-0.39, 0.29) is 0 Å². The number of rotatable bonds is 7. The SMILES string of the molecule is c1ccc(CCSc2ccc(OCc3ccccc3)cc2)cc1. The summed E-state index contributed by atoms with van der Waals surface area (Å²) in [5.41, 5.74) is 2.58. The topological polar surface area (TPSA) is 9.23 Å². The standard InChI is InChI=1S/C21H20OS/c1-3-7-18(8-4-1)15-16-23-21-13-11-20(12-14-21)22-17-19-9-5-2-6-10-19/h1-14H,15-17H2. The second kappa shape index (κ2) is 8.44. The van der Waals surface area contributed by atoms with Crippen molar-refractivity contribution in [3.8, 4) is 5.75 Å². The molecule has 0 heterocycles. The summed E-state index contributed by atoms with van der Waals surface area (Å²) < 4.78 is 5.81. The Hall–Kier alpha value is -2.19. The molecule has 0 bridgehead atoms. The lowest BCUT2D eigenvalue weighted by molar-refractivity contribution is 0.306. The van der Waals surface area contributed by atoms with Crippen LogP contribution in [-0.2, 0) is 13.0 Å². The molecule has 0 N–H and O–H groups in total. The second-order valence-corrected chi connectivity index (χ2v) is 6.50. The van der Waals surface area contributed by atoms with Gasteiger partial charge in [0.25, 0.3) is 0 Å². The van der Waals surface area contributed by atoms with Crippen LogP contribution < -0.4 is 4.74 Å². The molecule has 3 aromatic rings. The zero-order chi connectivity index (χ0) is 15.7. The first-order valence-corrected chi connectivity index (χ1v) is 8.82. The van der Waals surface area contributed by atoms with Gasteiger partial charge in [0, 0.05) is 10.6 Å². The van der Waals surface area contributed by atoms with E-state index in [1.807, 2.05) is 42.1 Å². The molecule has 2 heteroatoms. The van der Waals surface area contributed by atoms with Crippen molar-refractivity contribution < 1.29 is 4.74 Å². The van der Waals surface area contributed by atoms with Crippen LogP contribution in [0.15, 0.2) is 89.8 Å². The van der Waals surface area contributed by atoms with Gasteiger partial charge in [0.15, 0.2) is 0 Å². The van der Waals surface area contributed by atoms with Gasteiger partial charge in [-0.05, 0) is 41.8 Å². The first kappa shape index (κ1) is 15.7. The van der Waals surface area contributed by atoms with E-state index in [4.69, 9.17) is 4.74 Å². The van der Waals surface area contributed by atoms with E-state index in [1.54, 1.807) is 0 Å². The lowest BCUT2D eigenvalue weighted by Crippen LogP contribution is -1.94. The molecule has 23 heavy (non-hydrogen) atoms. The van der Waals surface area contributed by atoms with Crippen molar-refractivity contribution in [2.45, 2.75) is 17.9 Å². The summed E-state index contributed by atoms with van der Waals surface area (Å²) in [4.78, 5) is 1.29. The first-order valence-electron chi connectivity index (χ1n) is 7.84. The second-order valence-electron chi connectivity index (χ2n) is 5.33. The zero-order valence-corrected chi connectivity index (χ0v) is 13.8. The summed E-state index contributed by atoms with van der Waals surface area (Å²) in [6, 6.07) is 29.2. The Morgan fingerprint density at radius 2 is 1.26 bits per heavy atom. The predicted octanol–water partition coefficient (Wildman–Crippen LogP) is 5.60. The van der Waals surface area contributed by atoms with Gasteiger partial charge in [-0.15, -0.1) is 11.8 Å². The molecule has 0 atom stereocenters. The fourth-order valence-corrected chi connectivity index (χ4v) is 3.21. The van der Waals surface area contributed by atoms with E-state index in [9.17, 15) is 0 Å². The Kier molecular flexibility index (Phi) is 5.76. The van der Waals surface area contributed by atoms with E-state index in [0.717, 1.165) is 17.9 Å². The van der Waals surface area contributed by atoms with Gasteiger partial charge in [-0.1, -0.05) is 60.7 Å². The van der Waals surface area contributed by atoms with Crippen molar-refractivity contribution in [2.24, 2.45) is 0 Å². The van der Waals surface area contributed by atoms with Gasteiger partial charge >= 0.3 is 0 Å². The predicted molar refractivity (Wildman–Crippen MR) is 98.1 cm³/mol. The minimum Gasteiger partial charge on any atom is -0.489 e. The largest absolute Gasteiger partial charge is 0.489 e. The van der Waals surface area contributed by atoms with Crippen LogP contribution in [0.3, 0.4) is 0 Å². The van der Waals surface area contributed by atoms with Gasteiger partial charge < -0.3 is 4.74 Å². The number of thioether (sulfide) groups is 1. The van der Waals surface area contributed by atoms with Gasteiger partial charge in [-0.2, -0.15) is 0 Å². The first-order chi connectivity index (χ1) is 11.4. The van der Waals surface area contributed by atoms with Crippen molar-refractivity contribution in [2.75, 3.05) is 5.75 Å². The molecule has 0 aliphatic rings. The maximum atomic E-state index is 5.81. The lowest BCUT2D eigenvalue weighted by Gasteiger charge is -2.07. The molecule has 116 valence electrons.